The number of unbranched alkanes of at least 4 members (excludes halogenated alkanes) is 2. The summed E-state index contributed by atoms with van der Waals surface area (Å²) in [6.07, 6.45) is -1.63. The van der Waals surface area contributed by atoms with E-state index >= 15 is 0 Å². The predicted molar refractivity (Wildman–Crippen MR) is 127 cm³/mol. The smallest absolute Gasteiger partial charge is 0.335 e. The van der Waals surface area contributed by atoms with Crippen molar-refractivity contribution < 1.29 is 39.5 Å². The van der Waals surface area contributed by atoms with Crippen LogP contribution in [0, 0.1) is 10.8 Å². The second-order valence-electron chi connectivity index (χ2n) is 7.20. The van der Waals surface area contributed by atoms with Crippen molar-refractivity contribution >= 4 is 23.6 Å². The molecule has 0 aliphatic carbocycles. The van der Waals surface area contributed by atoms with E-state index in [0.717, 1.165) is 30.8 Å². The number of nitrogens with two attached hydrogens (primary N) is 2. The molecule has 0 bridgehead atoms. The normalized spacial score (nSPS) is 11.8. The van der Waals surface area contributed by atoms with Gasteiger partial charge in [0, 0.05) is 11.1 Å². The van der Waals surface area contributed by atoms with Crippen molar-refractivity contribution in [1.82, 2.24) is 0 Å². The molecule has 0 aliphatic heterocycles. The second-order valence-corrected chi connectivity index (χ2v) is 7.20. The van der Waals surface area contributed by atoms with E-state index in [1.807, 2.05) is 24.3 Å². The molecule has 0 aromatic heterocycles. The van der Waals surface area contributed by atoms with Crippen LogP contribution in [0.3, 0.4) is 0 Å². The molecule has 2 aromatic rings. The van der Waals surface area contributed by atoms with Gasteiger partial charge in [-0.15, -0.1) is 0 Å². The number of nitrogen functional groups attached to an aromatic ring is 2. The Labute approximate surface area is 201 Å². The lowest BCUT2D eigenvalue weighted by atomic mass is 10.2. The van der Waals surface area contributed by atoms with Crippen molar-refractivity contribution in [2.75, 3.05) is 13.2 Å². The van der Waals surface area contributed by atoms with E-state index in [4.69, 9.17) is 52.2 Å². The average molecular weight is 491 g/mol. The minimum atomic E-state index is -2.27. The number of carboxylic acids is 2. The Kier molecular flexibility index (Phi) is 12.3. The number of nitrogens with one attached hydrogen (secondary N) is 2. The van der Waals surface area contributed by atoms with Gasteiger partial charge in [-0.1, -0.05) is 0 Å². The highest BCUT2D eigenvalue weighted by molar-refractivity contribution is 5.95. The molecule has 0 radical (unpaired) electrons. The number of benzene rings is 2. The largest absolute Gasteiger partial charge is 0.494 e. The molecule has 2 rings (SSSR count). The Morgan fingerprint density at radius 2 is 1.00 bits per heavy atom. The van der Waals surface area contributed by atoms with Gasteiger partial charge in [0.2, 0.25) is 0 Å². The summed E-state index contributed by atoms with van der Waals surface area (Å²) in [4.78, 5) is 19.5. The first-order valence-electron chi connectivity index (χ1n) is 10.5. The van der Waals surface area contributed by atoms with Gasteiger partial charge in [0.05, 0.1) is 13.2 Å². The summed E-state index contributed by atoms with van der Waals surface area (Å²) in [7, 11) is 0. The first kappa shape index (κ1) is 28.9. The number of hydrogen-bond donors (Lipinski definition) is 8. The lowest BCUT2D eigenvalue weighted by Crippen LogP contribution is -2.39. The van der Waals surface area contributed by atoms with Gasteiger partial charge < -0.3 is 41.4 Å². The summed E-state index contributed by atoms with van der Waals surface area (Å²) in [6.45, 7) is 1.29. The van der Waals surface area contributed by atoms with E-state index in [9.17, 15) is 9.59 Å². The van der Waals surface area contributed by atoms with Gasteiger partial charge in [-0.3, -0.25) is 10.8 Å². The number of rotatable bonds is 13. The van der Waals surface area contributed by atoms with Gasteiger partial charge in [0.15, 0.2) is 12.2 Å². The quantitative estimate of drug-likeness (QED) is 0.111. The monoisotopic (exact) mass is 490 g/mol. The van der Waals surface area contributed by atoms with Crippen molar-refractivity contribution in [3.63, 3.8) is 0 Å². The molecule has 2 unspecified atom stereocenters. The third kappa shape index (κ3) is 11.0. The molecule has 0 aliphatic rings. The fourth-order valence-corrected chi connectivity index (χ4v) is 2.49. The molecule has 10 N–H and O–H groups in total. The zero-order chi connectivity index (χ0) is 26.4. The molecule has 0 saturated carbocycles. The minimum Gasteiger partial charge on any atom is -0.494 e. The van der Waals surface area contributed by atoms with Crippen LogP contribution in [0.25, 0.3) is 0 Å². The van der Waals surface area contributed by atoms with E-state index in [1.54, 1.807) is 24.3 Å². The molecule has 0 amide bonds. The van der Waals surface area contributed by atoms with E-state index in [2.05, 4.69) is 0 Å². The van der Waals surface area contributed by atoms with Crippen molar-refractivity contribution in [3.05, 3.63) is 59.7 Å². The average Bonchev–Trinajstić information content (AvgIpc) is 2.83. The molecule has 0 spiro atoms. The number of ether oxygens (including phenoxy) is 2. The first-order valence-corrected chi connectivity index (χ1v) is 10.5. The zero-order valence-electron chi connectivity index (χ0n) is 18.9. The Balaban J connectivity index is 0.000000518. The van der Waals surface area contributed by atoms with Gasteiger partial charge in [-0.05, 0) is 67.8 Å². The van der Waals surface area contributed by atoms with Crippen LogP contribution >= 0.6 is 0 Å². The fraction of sp³-hybridized carbons (Fsp3) is 0.304. The molecule has 12 nitrogen and oxygen atoms in total. The lowest BCUT2D eigenvalue weighted by molar-refractivity contribution is -0.165. The minimum absolute atomic E-state index is 0.0579. The van der Waals surface area contributed by atoms with Crippen LogP contribution in [0.15, 0.2) is 48.5 Å². The van der Waals surface area contributed by atoms with E-state index in [0.29, 0.717) is 24.3 Å². The molecule has 0 fully saturated rings. The third-order valence-electron chi connectivity index (χ3n) is 4.46. The highest BCUT2D eigenvalue weighted by Crippen LogP contribution is 2.14. The number of hydrogen-bond acceptors (Lipinski definition) is 8. The SMILES string of the molecule is N=C(N)c1ccc(OCCCCCOc2ccc(C(=N)N)cc2)cc1.O=C(O)C(O)C(O)C(=O)O. The van der Waals surface area contributed by atoms with Crippen LogP contribution < -0.4 is 20.9 Å². The molecule has 0 saturated heterocycles. The van der Waals surface area contributed by atoms with Gasteiger partial charge >= 0.3 is 11.9 Å². The number of aliphatic hydroxyl groups excluding tert-OH is 2. The topological polar surface area (TPSA) is 233 Å². The van der Waals surface area contributed by atoms with Crippen LogP contribution in [0.5, 0.6) is 11.5 Å². The zero-order valence-corrected chi connectivity index (χ0v) is 18.9. The summed E-state index contributed by atoms with van der Waals surface area (Å²) < 4.78 is 11.3. The summed E-state index contributed by atoms with van der Waals surface area (Å²) in [5, 5.41) is 47.2. The van der Waals surface area contributed by atoms with Gasteiger partial charge in [-0.25, -0.2) is 9.59 Å². The van der Waals surface area contributed by atoms with Crippen LogP contribution in [-0.4, -0.2) is 69.5 Å². The number of aliphatic hydroxyl groups is 2. The summed E-state index contributed by atoms with van der Waals surface area (Å²) in [6, 6.07) is 14.4. The van der Waals surface area contributed by atoms with Crippen LogP contribution in [-0.2, 0) is 9.59 Å². The Morgan fingerprint density at radius 1 is 0.686 bits per heavy atom. The van der Waals surface area contributed by atoms with Crippen LogP contribution in [0.4, 0.5) is 0 Å². The molecule has 190 valence electrons. The Morgan fingerprint density at radius 3 is 1.26 bits per heavy atom. The molecule has 2 aromatic carbocycles. The predicted octanol–water partition coefficient (Wildman–Crippen LogP) is 0.760. The van der Waals surface area contributed by atoms with Crippen molar-refractivity contribution in [1.29, 1.82) is 10.8 Å². The highest BCUT2D eigenvalue weighted by atomic mass is 16.5. The maximum absolute atomic E-state index is 9.77. The molecule has 12 heteroatoms. The standard InChI is InChI=1S/C19H24N4O2.C4H6O6/c20-18(21)14-4-8-16(9-5-14)24-12-2-1-3-13-25-17-10-6-15(7-11-17)19(22)23;5-1(3(7)8)2(6)4(9)10/h4-11H,1-3,12-13H2,(H3,20,21)(H3,22,23);1-2,5-6H,(H,7,8)(H,9,10). The van der Waals surface area contributed by atoms with Crippen molar-refractivity contribution in [3.8, 4) is 11.5 Å². The fourth-order valence-electron chi connectivity index (χ4n) is 2.49. The van der Waals surface area contributed by atoms with Crippen LogP contribution in [0.1, 0.15) is 30.4 Å². The van der Waals surface area contributed by atoms with E-state index < -0.39 is 24.1 Å². The number of carboxylic acid groups (broad SMARTS) is 2. The van der Waals surface area contributed by atoms with E-state index in [-0.39, 0.29) is 11.7 Å². The highest BCUT2D eigenvalue weighted by Gasteiger charge is 2.29. The molecule has 0 heterocycles. The van der Waals surface area contributed by atoms with Crippen molar-refractivity contribution in [2.45, 2.75) is 31.5 Å². The Hall–Kier alpha value is -4.16. The lowest BCUT2D eigenvalue weighted by Gasteiger charge is -2.08. The van der Waals surface area contributed by atoms with Gasteiger partial charge in [0.25, 0.3) is 0 Å². The summed E-state index contributed by atoms with van der Waals surface area (Å²) in [5.41, 5.74) is 12.2. The van der Waals surface area contributed by atoms with Gasteiger partial charge in [-0.2, -0.15) is 0 Å². The number of aliphatic carboxylic acids is 2. The Bertz CT molecular complexity index is 901. The second kappa shape index (κ2) is 14.9. The third-order valence-corrected chi connectivity index (χ3v) is 4.46. The van der Waals surface area contributed by atoms with Crippen LogP contribution in [0.2, 0.25) is 0 Å². The van der Waals surface area contributed by atoms with E-state index in [1.165, 1.54) is 0 Å². The van der Waals surface area contributed by atoms with Crippen molar-refractivity contribution in [2.24, 2.45) is 11.5 Å². The summed E-state index contributed by atoms with van der Waals surface area (Å²) in [5.74, 6) is -1.85. The summed E-state index contributed by atoms with van der Waals surface area (Å²) >= 11 is 0. The molecular weight excluding hydrogens is 460 g/mol. The van der Waals surface area contributed by atoms with Gasteiger partial charge in [0.1, 0.15) is 23.2 Å². The number of amidine groups is 2. The molecule has 35 heavy (non-hydrogen) atoms. The molecular formula is C23H30N4O8. The first-order chi connectivity index (χ1) is 16.5. The molecule has 2 atom stereocenters. The maximum atomic E-state index is 9.77. The number of carbonyl (C=O) groups is 2. The maximum Gasteiger partial charge on any atom is 0.335 e.